The van der Waals surface area contributed by atoms with Crippen LogP contribution in [-0.2, 0) is 4.74 Å². The molecule has 1 saturated heterocycles. The lowest BCUT2D eigenvalue weighted by molar-refractivity contribution is 0.00530. The van der Waals surface area contributed by atoms with Gasteiger partial charge in [-0.2, -0.15) is 0 Å². The van der Waals surface area contributed by atoms with E-state index in [4.69, 9.17) is 10.5 Å². The predicted octanol–water partition coefficient (Wildman–Crippen LogP) is 2.35. The van der Waals surface area contributed by atoms with E-state index < -0.39 is 0 Å². The SMILES string of the molecule is CC1CN(C(N)=NCC2(Sc3ccccc3)CC2)CCO1. The number of benzene rings is 1. The molecule has 1 aromatic rings. The number of nitrogens with zero attached hydrogens (tertiary/aromatic N) is 2. The van der Waals surface area contributed by atoms with Gasteiger partial charge < -0.3 is 15.4 Å². The van der Waals surface area contributed by atoms with Gasteiger partial charge in [0.15, 0.2) is 5.96 Å². The molecule has 1 saturated carbocycles. The van der Waals surface area contributed by atoms with Crippen molar-refractivity contribution in [3.8, 4) is 0 Å². The maximum Gasteiger partial charge on any atom is 0.191 e. The summed E-state index contributed by atoms with van der Waals surface area (Å²) in [5.41, 5.74) is 6.15. The van der Waals surface area contributed by atoms with Crippen LogP contribution in [0.15, 0.2) is 40.2 Å². The fourth-order valence-corrected chi connectivity index (χ4v) is 3.75. The Hall–Kier alpha value is -1.20. The monoisotopic (exact) mass is 305 g/mol. The van der Waals surface area contributed by atoms with E-state index in [1.807, 2.05) is 11.8 Å². The maximum absolute atomic E-state index is 6.15. The third-order valence-corrected chi connectivity index (χ3v) is 5.46. The van der Waals surface area contributed by atoms with Crippen molar-refractivity contribution < 1.29 is 4.74 Å². The molecule has 1 unspecified atom stereocenters. The highest BCUT2D eigenvalue weighted by atomic mass is 32.2. The number of rotatable bonds is 4. The highest BCUT2D eigenvalue weighted by Gasteiger charge is 2.43. The van der Waals surface area contributed by atoms with Gasteiger partial charge in [0, 0.05) is 22.7 Å². The van der Waals surface area contributed by atoms with Gasteiger partial charge in [0.05, 0.1) is 19.3 Å². The van der Waals surface area contributed by atoms with Gasteiger partial charge >= 0.3 is 0 Å². The molecule has 1 atom stereocenters. The molecule has 0 amide bonds. The number of guanidine groups is 1. The van der Waals surface area contributed by atoms with Gasteiger partial charge in [-0.25, -0.2) is 0 Å². The first-order chi connectivity index (χ1) is 10.2. The Morgan fingerprint density at radius 1 is 1.43 bits per heavy atom. The number of morpholine rings is 1. The molecular weight excluding hydrogens is 282 g/mol. The molecule has 0 bridgehead atoms. The summed E-state index contributed by atoms with van der Waals surface area (Å²) < 4.78 is 5.81. The van der Waals surface area contributed by atoms with Crippen molar-refractivity contribution in [2.45, 2.75) is 35.5 Å². The molecule has 5 heteroatoms. The lowest BCUT2D eigenvalue weighted by atomic mass is 10.3. The second-order valence-corrected chi connectivity index (χ2v) is 7.44. The highest BCUT2D eigenvalue weighted by Crippen LogP contribution is 2.51. The third-order valence-electron chi connectivity index (χ3n) is 3.98. The van der Waals surface area contributed by atoms with Crippen molar-refractivity contribution in [1.29, 1.82) is 0 Å². The zero-order chi connectivity index (χ0) is 14.7. The van der Waals surface area contributed by atoms with E-state index in [1.54, 1.807) is 0 Å². The van der Waals surface area contributed by atoms with Crippen LogP contribution in [0.4, 0.5) is 0 Å². The van der Waals surface area contributed by atoms with Crippen molar-refractivity contribution in [2.24, 2.45) is 10.7 Å². The quantitative estimate of drug-likeness (QED) is 0.685. The average molecular weight is 305 g/mol. The Morgan fingerprint density at radius 2 is 2.19 bits per heavy atom. The summed E-state index contributed by atoms with van der Waals surface area (Å²) >= 11 is 1.94. The van der Waals surface area contributed by atoms with Crippen molar-refractivity contribution in [3.05, 3.63) is 30.3 Å². The van der Waals surface area contributed by atoms with Crippen LogP contribution in [0.25, 0.3) is 0 Å². The summed E-state index contributed by atoms with van der Waals surface area (Å²) in [5.74, 6) is 0.671. The zero-order valence-electron chi connectivity index (χ0n) is 12.5. The second kappa shape index (κ2) is 6.28. The van der Waals surface area contributed by atoms with Gasteiger partial charge in [-0.15, -0.1) is 11.8 Å². The smallest absolute Gasteiger partial charge is 0.191 e. The Morgan fingerprint density at radius 3 is 2.86 bits per heavy atom. The average Bonchev–Trinajstić information content (AvgIpc) is 3.26. The number of hydrogen-bond donors (Lipinski definition) is 1. The number of aliphatic imine (C=N–C) groups is 1. The summed E-state index contributed by atoms with van der Waals surface area (Å²) in [6.45, 7) is 5.31. The molecule has 2 aliphatic rings. The van der Waals surface area contributed by atoms with Gasteiger partial charge in [0.1, 0.15) is 0 Å². The van der Waals surface area contributed by atoms with Crippen LogP contribution in [0.1, 0.15) is 19.8 Å². The van der Waals surface area contributed by atoms with Crippen LogP contribution in [0.3, 0.4) is 0 Å². The molecule has 1 aliphatic carbocycles. The van der Waals surface area contributed by atoms with Crippen LogP contribution >= 0.6 is 11.8 Å². The van der Waals surface area contributed by atoms with Gasteiger partial charge in [0.25, 0.3) is 0 Å². The molecule has 0 aromatic heterocycles. The van der Waals surface area contributed by atoms with Crippen molar-refractivity contribution in [2.75, 3.05) is 26.2 Å². The Labute approximate surface area is 130 Å². The number of ether oxygens (including phenoxy) is 1. The van der Waals surface area contributed by atoms with E-state index in [2.05, 4.69) is 47.1 Å². The van der Waals surface area contributed by atoms with Crippen LogP contribution in [0, 0.1) is 0 Å². The second-order valence-electron chi connectivity index (χ2n) is 5.90. The minimum Gasteiger partial charge on any atom is -0.375 e. The van der Waals surface area contributed by atoms with Crippen molar-refractivity contribution in [1.82, 2.24) is 4.90 Å². The first-order valence-electron chi connectivity index (χ1n) is 7.57. The minimum absolute atomic E-state index is 0.237. The topological polar surface area (TPSA) is 50.8 Å². The fourth-order valence-electron chi connectivity index (χ4n) is 2.52. The largest absolute Gasteiger partial charge is 0.375 e. The lowest BCUT2D eigenvalue weighted by Gasteiger charge is -2.32. The number of nitrogens with two attached hydrogens (primary N) is 1. The molecule has 0 radical (unpaired) electrons. The fraction of sp³-hybridized carbons (Fsp3) is 0.562. The van der Waals surface area contributed by atoms with Gasteiger partial charge in [-0.05, 0) is 31.9 Å². The van der Waals surface area contributed by atoms with Gasteiger partial charge in [-0.1, -0.05) is 18.2 Å². The van der Waals surface area contributed by atoms with Crippen LogP contribution < -0.4 is 5.73 Å². The summed E-state index contributed by atoms with van der Waals surface area (Å²) in [6.07, 6.45) is 2.69. The predicted molar refractivity (Wildman–Crippen MR) is 87.7 cm³/mol. The van der Waals surface area contributed by atoms with Gasteiger partial charge in [0.2, 0.25) is 0 Å². The maximum atomic E-state index is 6.15. The number of thioether (sulfide) groups is 1. The molecule has 1 heterocycles. The Bertz CT molecular complexity index is 502. The lowest BCUT2D eigenvalue weighted by Crippen LogP contribution is -2.48. The highest BCUT2D eigenvalue weighted by molar-refractivity contribution is 8.01. The first-order valence-corrected chi connectivity index (χ1v) is 8.39. The standard InChI is InChI=1S/C16H23N3OS/c1-13-11-19(9-10-20-13)15(17)18-12-16(7-8-16)21-14-5-3-2-4-6-14/h2-6,13H,7-12H2,1H3,(H2,17,18). The normalized spacial score (nSPS) is 24.9. The summed E-state index contributed by atoms with van der Waals surface area (Å²) in [7, 11) is 0. The van der Waals surface area contributed by atoms with Crippen LogP contribution in [0.5, 0.6) is 0 Å². The summed E-state index contributed by atoms with van der Waals surface area (Å²) in [5, 5.41) is 0. The van der Waals surface area contributed by atoms with Crippen molar-refractivity contribution >= 4 is 17.7 Å². The molecule has 1 aromatic carbocycles. The molecule has 4 nitrogen and oxygen atoms in total. The molecular formula is C16H23N3OS. The van der Waals surface area contributed by atoms with Crippen LogP contribution in [0.2, 0.25) is 0 Å². The molecule has 2 N–H and O–H groups in total. The van der Waals surface area contributed by atoms with Crippen molar-refractivity contribution in [3.63, 3.8) is 0 Å². The van der Waals surface area contributed by atoms with Crippen LogP contribution in [-0.4, -0.2) is 48.0 Å². The molecule has 1 aliphatic heterocycles. The zero-order valence-corrected chi connectivity index (χ0v) is 13.3. The molecule has 3 rings (SSSR count). The summed E-state index contributed by atoms with van der Waals surface area (Å²) in [4.78, 5) is 8.12. The van der Waals surface area contributed by atoms with E-state index >= 15 is 0 Å². The van der Waals surface area contributed by atoms with E-state index in [0.717, 1.165) is 26.2 Å². The number of hydrogen-bond acceptors (Lipinski definition) is 3. The molecule has 2 fully saturated rings. The summed E-state index contributed by atoms with van der Waals surface area (Å²) in [6, 6.07) is 10.6. The van der Waals surface area contributed by atoms with E-state index in [0.29, 0.717) is 5.96 Å². The Kier molecular flexibility index (Phi) is 4.40. The van der Waals surface area contributed by atoms with E-state index in [9.17, 15) is 0 Å². The van der Waals surface area contributed by atoms with E-state index in [-0.39, 0.29) is 10.9 Å². The first kappa shape index (κ1) is 14.7. The minimum atomic E-state index is 0.237. The van der Waals surface area contributed by atoms with Gasteiger partial charge in [-0.3, -0.25) is 4.99 Å². The van der Waals surface area contributed by atoms with E-state index in [1.165, 1.54) is 17.7 Å². The molecule has 21 heavy (non-hydrogen) atoms. The Balaban J connectivity index is 1.57. The molecule has 0 spiro atoms. The third kappa shape index (κ3) is 3.92. The molecule has 114 valence electrons.